The fraction of sp³-hybridized carbons (Fsp3) is 0.143. The van der Waals surface area contributed by atoms with Crippen molar-refractivity contribution in [3.05, 3.63) is 64.7 Å². The molecular formula is C14H11ClFNO2. The van der Waals surface area contributed by atoms with Gasteiger partial charge in [0.25, 0.3) is 0 Å². The Balaban J connectivity index is 2.44. The molecule has 1 aromatic heterocycles. The van der Waals surface area contributed by atoms with Crippen molar-refractivity contribution >= 4 is 17.6 Å². The number of nitrogens with zero attached hydrogens (tertiary/aromatic N) is 1. The number of halogens is 2. The first-order valence-electron chi connectivity index (χ1n) is 5.64. The van der Waals surface area contributed by atoms with E-state index < -0.39 is 17.7 Å². The van der Waals surface area contributed by atoms with E-state index in [-0.39, 0.29) is 6.42 Å². The van der Waals surface area contributed by atoms with Gasteiger partial charge >= 0.3 is 5.97 Å². The van der Waals surface area contributed by atoms with Crippen molar-refractivity contribution in [2.45, 2.75) is 12.3 Å². The van der Waals surface area contributed by atoms with Crippen LogP contribution in [0.4, 0.5) is 4.39 Å². The van der Waals surface area contributed by atoms with Crippen LogP contribution in [0.3, 0.4) is 0 Å². The van der Waals surface area contributed by atoms with E-state index in [4.69, 9.17) is 16.7 Å². The van der Waals surface area contributed by atoms with E-state index in [1.54, 1.807) is 24.3 Å². The van der Waals surface area contributed by atoms with Gasteiger partial charge in [-0.05, 0) is 29.3 Å². The third kappa shape index (κ3) is 3.51. The van der Waals surface area contributed by atoms with Crippen LogP contribution in [-0.4, -0.2) is 16.1 Å². The molecule has 2 aromatic rings. The van der Waals surface area contributed by atoms with Gasteiger partial charge < -0.3 is 5.11 Å². The molecule has 1 heterocycles. The lowest BCUT2D eigenvalue weighted by atomic mass is 9.89. The summed E-state index contributed by atoms with van der Waals surface area (Å²) >= 11 is 5.91. The lowest BCUT2D eigenvalue weighted by molar-refractivity contribution is -0.137. The minimum absolute atomic E-state index is 0.147. The van der Waals surface area contributed by atoms with Crippen LogP contribution < -0.4 is 0 Å². The van der Waals surface area contributed by atoms with E-state index in [1.165, 1.54) is 12.3 Å². The molecule has 2 rings (SSSR count). The third-order valence-corrected chi connectivity index (χ3v) is 2.99. The van der Waals surface area contributed by atoms with Crippen molar-refractivity contribution in [2.75, 3.05) is 0 Å². The predicted molar refractivity (Wildman–Crippen MR) is 69.7 cm³/mol. The molecule has 0 fully saturated rings. The van der Waals surface area contributed by atoms with Crippen molar-refractivity contribution in [2.24, 2.45) is 0 Å². The van der Waals surface area contributed by atoms with Crippen LogP contribution in [0.5, 0.6) is 0 Å². The number of aliphatic carboxylic acids is 1. The van der Waals surface area contributed by atoms with E-state index in [9.17, 15) is 9.18 Å². The average Bonchev–Trinajstić information content (AvgIpc) is 2.35. The molecule has 5 heteroatoms. The van der Waals surface area contributed by atoms with Gasteiger partial charge in [0.05, 0.1) is 12.6 Å². The monoisotopic (exact) mass is 279 g/mol. The van der Waals surface area contributed by atoms with Crippen molar-refractivity contribution in [3.8, 4) is 0 Å². The number of rotatable bonds is 4. The molecule has 3 nitrogen and oxygen atoms in total. The summed E-state index contributed by atoms with van der Waals surface area (Å²) in [6, 6.07) is 8.18. The SMILES string of the molecule is O=C(O)CC(c1cncc(F)c1)c1cccc(Cl)c1. The Morgan fingerprint density at radius 3 is 2.74 bits per heavy atom. The van der Waals surface area contributed by atoms with E-state index >= 15 is 0 Å². The highest BCUT2D eigenvalue weighted by atomic mass is 35.5. The number of pyridine rings is 1. The Bertz CT molecular complexity index is 558. The number of carboxylic acids is 1. The van der Waals surface area contributed by atoms with Crippen LogP contribution in [0, 0.1) is 5.82 Å². The number of carbonyl (C=O) groups is 1. The number of carboxylic acid groups (broad SMARTS) is 1. The molecule has 1 unspecified atom stereocenters. The highest BCUT2D eigenvalue weighted by Gasteiger charge is 2.19. The molecule has 0 saturated heterocycles. The molecule has 0 aliphatic rings. The average molecular weight is 280 g/mol. The first-order valence-corrected chi connectivity index (χ1v) is 6.02. The Kier molecular flexibility index (Phi) is 4.12. The molecule has 1 aromatic carbocycles. The molecule has 1 N–H and O–H groups in total. The van der Waals surface area contributed by atoms with Crippen LogP contribution in [0.15, 0.2) is 42.7 Å². The summed E-state index contributed by atoms with van der Waals surface area (Å²) in [6.45, 7) is 0. The molecule has 19 heavy (non-hydrogen) atoms. The molecule has 0 aliphatic heterocycles. The number of hydrogen-bond acceptors (Lipinski definition) is 2. The first kappa shape index (κ1) is 13.5. The molecule has 0 radical (unpaired) electrons. The maximum Gasteiger partial charge on any atom is 0.304 e. The van der Waals surface area contributed by atoms with E-state index in [0.29, 0.717) is 10.6 Å². The second kappa shape index (κ2) is 5.80. The van der Waals surface area contributed by atoms with Gasteiger partial charge in [-0.15, -0.1) is 0 Å². The van der Waals surface area contributed by atoms with Gasteiger partial charge in [-0.25, -0.2) is 4.39 Å². The summed E-state index contributed by atoms with van der Waals surface area (Å²) in [7, 11) is 0. The van der Waals surface area contributed by atoms with Gasteiger partial charge in [0.1, 0.15) is 5.82 Å². The van der Waals surface area contributed by atoms with Crippen LogP contribution in [0.1, 0.15) is 23.5 Å². The molecule has 0 aliphatic carbocycles. The van der Waals surface area contributed by atoms with Gasteiger partial charge in [0, 0.05) is 17.1 Å². The Morgan fingerprint density at radius 2 is 2.11 bits per heavy atom. The Hall–Kier alpha value is -1.94. The zero-order valence-electron chi connectivity index (χ0n) is 9.88. The number of aromatic nitrogens is 1. The summed E-state index contributed by atoms with van der Waals surface area (Å²) in [6.07, 6.45) is 2.41. The third-order valence-electron chi connectivity index (χ3n) is 2.76. The first-order chi connectivity index (χ1) is 9.06. The van der Waals surface area contributed by atoms with E-state index in [0.717, 1.165) is 11.8 Å². The van der Waals surface area contributed by atoms with Gasteiger partial charge in [0.15, 0.2) is 0 Å². The minimum atomic E-state index is -0.964. The fourth-order valence-electron chi connectivity index (χ4n) is 1.94. The molecule has 0 amide bonds. The number of benzene rings is 1. The lowest BCUT2D eigenvalue weighted by Crippen LogP contribution is -2.08. The highest BCUT2D eigenvalue weighted by molar-refractivity contribution is 6.30. The predicted octanol–water partition coefficient (Wildman–Crippen LogP) is 3.48. The van der Waals surface area contributed by atoms with Crippen LogP contribution in [0.25, 0.3) is 0 Å². The summed E-state index contributed by atoms with van der Waals surface area (Å²) in [4.78, 5) is 14.7. The fourth-order valence-corrected chi connectivity index (χ4v) is 2.14. The maximum atomic E-state index is 13.2. The highest BCUT2D eigenvalue weighted by Crippen LogP contribution is 2.29. The van der Waals surface area contributed by atoms with Gasteiger partial charge in [-0.3, -0.25) is 9.78 Å². The molecular weight excluding hydrogens is 269 g/mol. The largest absolute Gasteiger partial charge is 0.481 e. The number of hydrogen-bond donors (Lipinski definition) is 1. The van der Waals surface area contributed by atoms with Crippen molar-refractivity contribution < 1.29 is 14.3 Å². The van der Waals surface area contributed by atoms with Crippen molar-refractivity contribution in [1.82, 2.24) is 4.98 Å². The van der Waals surface area contributed by atoms with Crippen LogP contribution in [-0.2, 0) is 4.79 Å². The standard InChI is InChI=1S/C14H11ClFNO2/c15-11-3-1-2-9(4-11)13(6-14(18)19)10-5-12(16)8-17-7-10/h1-5,7-8,13H,6H2,(H,18,19). The summed E-state index contributed by atoms with van der Waals surface area (Å²) in [5.74, 6) is -1.93. The quantitative estimate of drug-likeness (QED) is 0.932. The van der Waals surface area contributed by atoms with Crippen molar-refractivity contribution in [3.63, 3.8) is 0 Å². The normalized spacial score (nSPS) is 12.1. The zero-order chi connectivity index (χ0) is 13.8. The maximum absolute atomic E-state index is 13.2. The van der Waals surface area contributed by atoms with Crippen molar-refractivity contribution in [1.29, 1.82) is 0 Å². The molecule has 0 bridgehead atoms. The summed E-state index contributed by atoms with van der Waals surface area (Å²) in [5, 5.41) is 9.51. The zero-order valence-corrected chi connectivity index (χ0v) is 10.6. The second-order valence-electron chi connectivity index (χ2n) is 4.14. The second-order valence-corrected chi connectivity index (χ2v) is 4.58. The molecule has 98 valence electrons. The molecule has 0 spiro atoms. The molecule has 0 saturated carbocycles. The summed E-state index contributed by atoms with van der Waals surface area (Å²) < 4.78 is 13.2. The van der Waals surface area contributed by atoms with Crippen LogP contribution >= 0.6 is 11.6 Å². The van der Waals surface area contributed by atoms with Gasteiger partial charge in [0.2, 0.25) is 0 Å². The van der Waals surface area contributed by atoms with Gasteiger partial charge in [-0.1, -0.05) is 23.7 Å². The van der Waals surface area contributed by atoms with E-state index in [1.807, 2.05) is 0 Å². The Labute approximate surface area is 114 Å². The van der Waals surface area contributed by atoms with E-state index in [2.05, 4.69) is 4.98 Å². The smallest absolute Gasteiger partial charge is 0.304 e. The van der Waals surface area contributed by atoms with Gasteiger partial charge in [-0.2, -0.15) is 0 Å². The minimum Gasteiger partial charge on any atom is -0.481 e. The topological polar surface area (TPSA) is 50.2 Å². The Morgan fingerprint density at radius 1 is 1.32 bits per heavy atom. The summed E-state index contributed by atoms with van der Waals surface area (Å²) in [5.41, 5.74) is 1.24. The lowest BCUT2D eigenvalue weighted by Gasteiger charge is -2.15. The van der Waals surface area contributed by atoms with Crippen LogP contribution in [0.2, 0.25) is 5.02 Å². The molecule has 1 atom stereocenters.